The van der Waals surface area contributed by atoms with Crippen LogP contribution < -0.4 is 4.74 Å². The minimum Gasteiger partial charge on any atom is -0.492 e. The highest BCUT2D eigenvalue weighted by Crippen LogP contribution is 2.10. The lowest BCUT2D eigenvalue weighted by Gasteiger charge is -2.05. The molecule has 0 aliphatic heterocycles. The largest absolute Gasteiger partial charge is 0.492 e. The molecule has 2 nitrogen and oxygen atoms in total. The van der Waals surface area contributed by atoms with Crippen molar-refractivity contribution in [2.45, 2.75) is 44.9 Å². The monoisotopic (exact) mass is 253 g/mol. The SMILES string of the molecule is SCCCCCCCCCOc1cccnc1. The molecule has 17 heavy (non-hydrogen) atoms. The van der Waals surface area contributed by atoms with E-state index in [0.717, 1.165) is 24.5 Å². The number of pyridine rings is 1. The van der Waals surface area contributed by atoms with Crippen LogP contribution in [0.5, 0.6) is 5.75 Å². The van der Waals surface area contributed by atoms with Gasteiger partial charge in [-0.15, -0.1) is 0 Å². The van der Waals surface area contributed by atoms with E-state index in [0.29, 0.717) is 0 Å². The van der Waals surface area contributed by atoms with Crippen molar-refractivity contribution in [1.82, 2.24) is 4.98 Å². The Morgan fingerprint density at radius 3 is 2.35 bits per heavy atom. The first-order valence-corrected chi connectivity index (χ1v) is 7.20. The van der Waals surface area contributed by atoms with Gasteiger partial charge in [-0.3, -0.25) is 4.98 Å². The van der Waals surface area contributed by atoms with E-state index in [2.05, 4.69) is 17.6 Å². The molecule has 0 saturated carbocycles. The molecule has 0 amide bonds. The molecule has 0 fully saturated rings. The van der Waals surface area contributed by atoms with Gasteiger partial charge in [0.05, 0.1) is 12.8 Å². The number of aromatic nitrogens is 1. The third-order valence-electron chi connectivity index (χ3n) is 2.71. The van der Waals surface area contributed by atoms with Gasteiger partial charge in [-0.2, -0.15) is 12.6 Å². The maximum Gasteiger partial charge on any atom is 0.137 e. The van der Waals surface area contributed by atoms with Gasteiger partial charge in [0.2, 0.25) is 0 Å². The summed E-state index contributed by atoms with van der Waals surface area (Å²) in [6, 6.07) is 3.85. The summed E-state index contributed by atoms with van der Waals surface area (Å²) in [4.78, 5) is 4.01. The molecule has 0 unspecified atom stereocenters. The molecule has 0 spiro atoms. The fraction of sp³-hybridized carbons (Fsp3) is 0.643. The molecular weight excluding hydrogens is 230 g/mol. The van der Waals surface area contributed by atoms with E-state index in [9.17, 15) is 0 Å². The van der Waals surface area contributed by atoms with Crippen LogP contribution in [0.15, 0.2) is 24.5 Å². The Morgan fingerprint density at radius 1 is 1.00 bits per heavy atom. The van der Waals surface area contributed by atoms with Crippen molar-refractivity contribution in [2.75, 3.05) is 12.4 Å². The van der Waals surface area contributed by atoms with Crippen molar-refractivity contribution in [3.63, 3.8) is 0 Å². The Hall–Kier alpha value is -0.700. The molecule has 1 aromatic rings. The van der Waals surface area contributed by atoms with E-state index in [1.165, 1.54) is 38.5 Å². The highest BCUT2D eigenvalue weighted by molar-refractivity contribution is 7.80. The molecule has 0 N–H and O–H groups in total. The van der Waals surface area contributed by atoms with Crippen LogP contribution in [0.1, 0.15) is 44.9 Å². The third-order valence-corrected chi connectivity index (χ3v) is 3.02. The van der Waals surface area contributed by atoms with Crippen LogP contribution in [0.3, 0.4) is 0 Å². The maximum atomic E-state index is 5.58. The molecule has 1 rings (SSSR count). The van der Waals surface area contributed by atoms with Gasteiger partial charge in [0.1, 0.15) is 5.75 Å². The van der Waals surface area contributed by atoms with Gasteiger partial charge in [0.25, 0.3) is 0 Å². The summed E-state index contributed by atoms with van der Waals surface area (Å²) < 4.78 is 5.58. The second kappa shape index (κ2) is 10.5. The van der Waals surface area contributed by atoms with Gasteiger partial charge in [-0.25, -0.2) is 0 Å². The van der Waals surface area contributed by atoms with E-state index in [-0.39, 0.29) is 0 Å². The van der Waals surface area contributed by atoms with Crippen LogP contribution in [-0.4, -0.2) is 17.3 Å². The molecule has 0 aliphatic rings. The normalized spacial score (nSPS) is 10.4. The Morgan fingerprint density at radius 2 is 1.71 bits per heavy atom. The fourth-order valence-corrected chi connectivity index (χ4v) is 1.94. The van der Waals surface area contributed by atoms with Crippen molar-refractivity contribution in [3.05, 3.63) is 24.5 Å². The average Bonchev–Trinajstić information content (AvgIpc) is 2.38. The topological polar surface area (TPSA) is 22.1 Å². The van der Waals surface area contributed by atoms with Crippen LogP contribution in [0.2, 0.25) is 0 Å². The summed E-state index contributed by atoms with van der Waals surface area (Å²) in [7, 11) is 0. The summed E-state index contributed by atoms with van der Waals surface area (Å²) in [5.41, 5.74) is 0. The van der Waals surface area contributed by atoms with Gasteiger partial charge in [0, 0.05) is 6.20 Å². The quantitative estimate of drug-likeness (QED) is 0.500. The Bertz CT molecular complexity index is 266. The van der Waals surface area contributed by atoms with Crippen molar-refractivity contribution < 1.29 is 4.74 Å². The first kappa shape index (κ1) is 14.4. The first-order chi connectivity index (χ1) is 8.43. The van der Waals surface area contributed by atoms with Crippen LogP contribution in [0.25, 0.3) is 0 Å². The number of thiol groups is 1. The van der Waals surface area contributed by atoms with E-state index in [4.69, 9.17) is 4.74 Å². The van der Waals surface area contributed by atoms with E-state index in [1.54, 1.807) is 12.4 Å². The number of ether oxygens (including phenoxy) is 1. The summed E-state index contributed by atoms with van der Waals surface area (Å²) in [6.07, 6.45) is 12.5. The predicted molar refractivity (Wildman–Crippen MR) is 75.9 cm³/mol. The lowest BCUT2D eigenvalue weighted by molar-refractivity contribution is 0.303. The molecule has 3 heteroatoms. The number of unbranched alkanes of at least 4 members (excludes halogenated alkanes) is 6. The highest BCUT2D eigenvalue weighted by Gasteiger charge is 1.94. The van der Waals surface area contributed by atoms with E-state index in [1.807, 2.05) is 12.1 Å². The van der Waals surface area contributed by atoms with Crippen LogP contribution >= 0.6 is 12.6 Å². The third kappa shape index (κ3) is 8.08. The van der Waals surface area contributed by atoms with Gasteiger partial charge >= 0.3 is 0 Å². The fourth-order valence-electron chi connectivity index (χ4n) is 1.72. The van der Waals surface area contributed by atoms with Crippen LogP contribution in [-0.2, 0) is 0 Å². The molecule has 1 heterocycles. The molecule has 0 aromatic carbocycles. The van der Waals surface area contributed by atoms with Crippen molar-refractivity contribution in [3.8, 4) is 5.75 Å². The van der Waals surface area contributed by atoms with Crippen LogP contribution in [0.4, 0.5) is 0 Å². The number of nitrogens with zero attached hydrogens (tertiary/aromatic N) is 1. The summed E-state index contributed by atoms with van der Waals surface area (Å²) in [5, 5.41) is 0. The molecule has 0 bridgehead atoms. The number of rotatable bonds is 10. The Balaban J connectivity index is 1.85. The summed E-state index contributed by atoms with van der Waals surface area (Å²) >= 11 is 4.20. The molecule has 0 saturated heterocycles. The van der Waals surface area contributed by atoms with Crippen LogP contribution in [0, 0.1) is 0 Å². The summed E-state index contributed by atoms with van der Waals surface area (Å²) in [5.74, 6) is 1.90. The van der Waals surface area contributed by atoms with Crippen molar-refractivity contribution in [2.24, 2.45) is 0 Å². The Kier molecular flexibility index (Phi) is 8.83. The lowest BCUT2D eigenvalue weighted by Crippen LogP contribution is -1.97. The van der Waals surface area contributed by atoms with Gasteiger partial charge in [0.15, 0.2) is 0 Å². The zero-order chi connectivity index (χ0) is 12.2. The minimum atomic E-state index is 0.808. The first-order valence-electron chi connectivity index (χ1n) is 6.57. The van der Waals surface area contributed by atoms with Gasteiger partial charge in [-0.1, -0.05) is 32.1 Å². The zero-order valence-corrected chi connectivity index (χ0v) is 11.4. The standard InChI is InChI=1S/C14H23NOS/c17-12-7-5-3-1-2-4-6-11-16-14-9-8-10-15-13-14/h8-10,13,17H,1-7,11-12H2. The van der Waals surface area contributed by atoms with Gasteiger partial charge in [-0.05, 0) is 30.7 Å². The van der Waals surface area contributed by atoms with E-state index >= 15 is 0 Å². The highest BCUT2D eigenvalue weighted by atomic mass is 32.1. The second-order valence-electron chi connectivity index (χ2n) is 4.24. The van der Waals surface area contributed by atoms with Crippen molar-refractivity contribution >= 4 is 12.6 Å². The molecule has 0 atom stereocenters. The molecule has 1 aromatic heterocycles. The smallest absolute Gasteiger partial charge is 0.137 e. The summed E-state index contributed by atoms with van der Waals surface area (Å²) in [6.45, 7) is 0.808. The van der Waals surface area contributed by atoms with Crippen molar-refractivity contribution in [1.29, 1.82) is 0 Å². The molecule has 0 aliphatic carbocycles. The Labute approximate surface area is 110 Å². The number of hydrogen-bond acceptors (Lipinski definition) is 3. The van der Waals surface area contributed by atoms with Gasteiger partial charge < -0.3 is 4.74 Å². The second-order valence-corrected chi connectivity index (χ2v) is 4.68. The zero-order valence-electron chi connectivity index (χ0n) is 10.5. The molecule has 0 radical (unpaired) electrons. The molecule has 96 valence electrons. The minimum absolute atomic E-state index is 0.808. The lowest BCUT2D eigenvalue weighted by atomic mass is 10.1. The molecular formula is C14H23NOS. The van der Waals surface area contributed by atoms with E-state index < -0.39 is 0 Å². The average molecular weight is 253 g/mol. The number of hydrogen-bond donors (Lipinski definition) is 1. The predicted octanol–water partition coefficient (Wildman–Crippen LogP) is 4.12. The maximum absolute atomic E-state index is 5.58.